The Morgan fingerprint density at radius 2 is 1.19 bits per heavy atom. The minimum Gasteiger partial charge on any atom is -0.400 e. The first kappa shape index (κ1) is 36.0. The normalized spacial score (nSPS) is 11.1. The topological polar surface area (TPSA) is 194 Å². The van der Waals surface area contributed by atoms with Crippen LogP contribution in [0.25, 0.3) is 0 Å². The largest absolute Gasteiger partial charge is 0.400 e. The Bertz CT molecular complexity index is 555. The fraction of sp³-hybridized carbons (Fsp3) is 0.818. The van der Waals surface area contributed by atoms with E-state index in [-0.39, 0.29) is 50.8 Å². The van der Waals surface area contributed by atoms with Gasteiger partial charge in [-0.3, -0.25) is 14.4 Å². The fourth-order valence-corrected chi connectivity index (χ4v) is 2.40. The SMILES string of the molecule is CCC(=O)NCCOCCOCC(=O)NCCOCCOCC(=O)NCCCC[C@@H](C=O)NO.CO. The van der Waals surface area contributed by atoms with E-state index in [2.05, 4.69) is 16.0 Å². The number of aliphatic hydroxyl groups excluding tert-OH is 1. The number of rotatable bonds is 24. The van der Waals surface area contributed by atoms with Crippen molar-refractivity contribution in [1.29, 1.82) is 0 Å². The number of nitrogens with one attached hydrogen (secondary N) is 4. The number of carbonyl (C=O) groups excluding carboxylic acids is 4. The fourth-order valence-electron chi connectivity index (χ4n) is 2.40. The average molecular weight is 525 g/mol. The molecule has 14 nitrogen and oxygen atoms in total. The van der Waals surface area contributed by atoms with E-state index in [1.165, 1.54) is 0 Å². The molecule has 0 aliphatic carbocycles. The highest BCUT2D eigenvalue weighted by Gasteiger charge is 2.05. The predicted molar refractivity (Wildman–Crippen MR) is 129 cm³/mol. The molecule has 0 aliphatic heterocycles. The van der Waals surface area contributed by atoms with Crippen LogP contribution in [0.1, 0.15) is 32.6 Å². The van der Waals surface area contributed by atoms with E-state index >= 15 is 0 Å². The van der Waals surface area contributed by atoms with Gasteiger partial charge in [-0.2, -0.15) is 5.48 Å². The maximum Gasteiger partial charge on any atom is 0.246 e. The van der Waals surface area contributed by atoms with E-state index < -0.39 is 6.04 Å². The predicted octanol–water partition coefficient (Wildman–Crippen LogP) is -1.86. The van der Waals surface area contributed by atoms with Crippen molar-refractivity contribution in [3.05, 3.63) is 0 Å². The molecule has 14 heteroatoms. The van der Waals surface area contributed by atoms with Crippen molar-refractivity contribution in [2.45, 2.75) is 38.6 Å². The maximum atomic E-state index is 11.6. The number of hydroxylamine groups is 1. The summed E-state index contributed by atoms with van der Waals surface area (Å²) in [4.78, 5) is 44.7. The summed E-state index contributed by atoms with van der Waals surface area (Å²) in [6.07, 6.45) is 2.94. The van der Waals surface area contributed by atoms with Crippen molar-refractivity contribution in [3.8, 4) is 0 Å². The summed E-state index contributed by atoms with van der Waals surface area (Å²) < 4.78 is 21.0. The van der Waals surface area contributed by atoms with Gasteiger partial charge >= 0.3 is 0 Å². The maximum absolute atomic E-state index is 11.6. The molecule has 0 aromatic rings. The number of amides is 3. The van der Waals surface area contributed by atoms with Crippen molar-refractivity contribution in [3.63, 3.8) is 0 Å². The van der Waals surface area contributed by atoms with E-state index in [9.17, 15) is 19.2 Å². The van der Waals surface area contributed by atoms with Crippen LogP contribution >= 0.6 is 0 Å². The molecule has 0 fully saturated rings. The molecular formula is C22H44N4O10. The molecule has 0 aromatic carbocycles. The number of aliphatic hydroxyl groups is 1. The number of unbranched alkanes of at least 4 members (excludes halogenated alkanes) is 1. The van der Waals surface area contributed by atoms with Crippen LogP contribution in [0.3, 0.4) is 0 Å². The van der Waals surface area contributed by atoms with Gasteiger partial charge in [-0.15, -0.1) is 0 Å². The number of aldehydes is 1. The van der Waals surface area contributed by atoms with Gasteiger partial charge in [0.2, 0.25) is 17.7 Å². The number of hydrogen-bond acceptors (Lipinski definition) is 11. The molecule has 6 N–H and O–H groups in total. The standard InChI is InChI=1S/C21H40N4O9.CH4O/c1-2-19(27)23-7-9-31-11-14-34-17-21(29)24-8-10-32-12-13-33-16-20(28)22-6-4-3-5-18(15-26)25-30;1-2/h15,18,25,30H,2-14,16-17H2,1H3,(H,22,28)(H,23,27)(H,24,29);2H,1H3/t18-;/m0./s1. The Morgan fingerprint density at radius 3 is 1.67 bits per heavy atom. The number of hydrogen-bond donors (Lipinski definition) is 6. The molecule has 0 saturated carbocycles. The lowest BCUT2D eigenvalue weighted by molar-refractivity contribution is -0.127. The average Bonchev–Trinajstić information content (AvgIpc) is 2.90. The van der Waals surface area contributed by atoms with Crippen molar-refractivity contribution in [1.82, 2.24) is 21.4 Å². The van der Waals surface area contributed by atoms with Crippen molar-refractivity contribution < 1.29 is 48.4 Å². The molecule has 0 bridgehead atoms. The van der Waals surface area contributed by atoms with Crippen molar-refractivity contribution in [2.75, 3.05) is 79.6 Å². The molecule has 0 aromatic heterocycles. The Hall–Kier alpha value is -2.20. The minimum atomic E-state index is -0.579. The lowest BCUT2D eigenvalue weighted by Crippen LogP contribution is -2.32. The van der Waals surface area contributed by atoms with Crippen molar-refractivity contribution >= 4 is 24.0 Å². The first-order chi connectivity index (χ1) is 17.5. The van der Waals surface area contributed by atoms with Crippen LogP contribution in [0.5, 0.6) is 0 Å². The van der Waals surface area contributed by atoms with Gasteiger partial charge in [-0.25, -0.2) is 0 Å². The Morgan fingerprint density at radius 1 is 0.722 bits per heavy atom. The molecule has 0 spiro atoms. The van der Waals surface area contributed by atoms with E-state index in [4.69, 9.17) is 29.3 Å². The lowest BCUT2D eigenvalue weighted by atomic mass is 10.1. The zero-order valence-electron chi connectivity index (χ0n) is 21.4. The van der Waals surface area contributed by atoms with Gasteiger partial charge in [0.15, 0.2) is 0 Å². The van der Waals surface area contributed by atoms with Gasteiger partial charge < -0.3 is 50.0 Å². The van der Waals surface area contributed by atoms with E-state index in [0.29, 0.717) is 71.4 Å². The second-order valence-electron chi connectivity index (χ2n) is 7.10. The summed E-state index contributed by atoms with van der Waals surface area (Å²) in [6, 6.07) is -0.579. The summed E-state index contributed by atoms with van der Waals surface area (Å²) in [6.45, 7) is 4.69. The molecule has 0 saturated heterocycles. The molecular weight excluding hydrogens is 480 g/mol. The monoisotopic (exact) mass is 524 g/mol. The number of ether oxygens (including phenoxy) is 4. The Labute approximate surface area is 212 Å². The highest BCUT2D eigenvalue weighted by molar-refractivity contribution is 5.77. The second kappa shape index (κ2) is 29.0. The Kier molecular flexibility index (Phi) is 29.0. The molecule has 0 aliphatic rings. The third-order valence-electron chi connectivity index (χ3n) is 4.26. The third kappa shape index (κ3) is 26.4. The van der Waals surface area contributed by atoms with Gasteiger partial charge in [0.05, 0.1) is 45.7 Å². The zero-order valence-corrected chi connectivity index (χ0v) is 21.4. The quantitative estimate of drug-likeness (QED) is 0.0471. The third-order valence-corrected chi connectivity index (χ3v) is 4.26. The summed E-state index contributed by atoms with van der Waals surface area (Å²) in [7, 11) is 1.00. The van der Waals surface area contributed by atoms with Crippen LogP contribution in [-0.4, -0.2) is 120 Å². The van der Waals surface area contributed by atoms with Gasteiger partial charge in [0.1, 0.15) is 19.5 Å². The van der Waals surface area contributed by atoms with Crippen LogP contribution in [0, 0.1) is 0 Å². The Balaban J connectivity index is 0. The highest BCUT2D eigenvalue weighted by atomic mass is 16.5. The smallest absolute Gasteiger partial charge is 0.246 e. The second-order valence-corrected chi connectivity index (χ2v) is 7.10. The first-order valence-corrected chi connectivity index (χ1v) is 11.9. The highest BCUT2D eigenvalue weighted by Crippen LogP contribution is 1.97. The van der Waals surface area contributed by atoms with Gasteiger partial charge in [-0.1, -0.05) is 6.92 Å². The molecule has 0 rings (SSSR count). The summed E-state index contributed by atoms with van der Waals surface area (Å²) in [5.74, 6) is -0.530. The van der Waals surface area contributed by atoms with Gasteiger partial charge in [0, 0.05) is 33.2 Å². The van der Waals surface area contributed by atoms with Crippen LogP contribution in [-0.2, 0) is 38.1 Å². The van der Waals surface area contributed by atoms with Gasteiger partial charge in [0.25, 0.3) is 0 Å². The summed E-state index contributed by atoms with van der Waals surface area (Å²) >= 11 is 0. The van der Waals surface area contributed by atoms with Crippen LogP contribution in [0.2, 0.25) is 0 Å². The molecule has 36 heavy (non-hydrogen) atoms. The first-order valence-electron chi connectivity index (χ1n) is 11.9. The zero-order chi connectivity index (χ0) is 27.3. The van der Waals surface area contributed by atoms with Gasteiger partial charge in [-0.05, 0) is 19.3 Å². The number of carbonyl (C=O) groups is 4. The lowest BCUT2D eigenvalue weighted by Gasteiger charge is -2.09. The minimum absolute atomic E-state index is 0.0245. The molecule has 0 unspecified atom stereocenters. The van der Waals surface area contributed by atoms with Crippen LogP contribution in [0.15, 0.2) is 0 Å². The van der Waals surface area contributed by atoms with E-state index in [0.717, 1.165) is 7.11 Å². The molecule has 0 radical (unpaired) electrons. The van der Waals surface area contributed by atoms with E-state index in [1.54, 1.807) is 6.92 Å². The molecule has 212 valence electrons. The summed E-state index contributed by atoms with van der Waals surface area (Å²) in [5.41, 5.74) is 1.90. The molecule has 1 atom stereocenters. The van der Waals surface area contributed by atoms with Crippen LogP contribution in [0.4, 0.5) is 0 Å². The summed E-state index contributed by atoms with van der Waals surface area (Å²) in [5, 5.41) is 23.7. The van der Waals surface area contributed by atoms with E-state index in [1.807, 2.05) is 5.48 Å². The van der Waals surface area contributed by atoms with Crippen LogP contribution < -0.4 is 21.4 Å². The molecule has 0 heterocycles. The van der Waals surface area contributed by atoms with Crippen molar-refractivity contribution in [2.24, 2.45) is 0 Å². The molecule has 3 amide bonds.